The summed E-state index contributed by atoms with van der Waals surface area (Å²) in [6, 6.07) is 5.09. The van der Waals surface area contributed by atoms with Crippen molar-refractivity contribution in [2.24, 2.45) is 0 Å². The van der Waals surface area contributed by atoms with Crippen LogP contribution in [0.3, 0.4) is 0 Å². The Hall–Kier alpha value is -0.890. The molecule has 0 atom stereocenters. The second-order valence-corrected chi connectivity index (χ2v) is 9.08. The van der Waals surface area contributed by atoms with Crippen LogP contribution in [0.25, 0.3) is 0 Å². The van der Waals surface area contributed by atoms with Crippen molar-refractivity contribution < 1.29 is 16.8 Å². The van der Waals surface area contributed by atoms with Gasteiger partial charge in [-0.05, 0) is 31.5 Å². The lowest BCUT2D eigenvalue weighted by molar-refractivity contribution is 0.431. The molecule has 2 rings (SSSR count). The van der Waals surface area contributed by atoms with E-state index in [4.69, 9.17) is 10.7 Å². The Kier molecular flexibility index (Phi) is 4.24. The van der Waals surface area contributed by atoms with E-state index in [1.807, 2.05) is 13.0 Å². The lowest BCUT2D eigenvalue weighted by atomic mass is 10.1. The molecule has 0 amide bonds. The Bertz CT molecular complexity index is 753. The van der Waals surface area contributed by atoms with Crippen LogP contribution in [0.1, 0.15) is 13.3 Å². The van der Waals surface area contributed by atoms with Gasteiger partial charge in [-0.3, -0.25) is 0 Å². The molecular weight excluding hydrogens is 322 g/mol. The molecule has 1 heterocycles. The standard InChI is InChI=1S/C12H14ClNO4S2/c1-10-5-7-14(8-6-10)20(17,18)12-4-2-3-11(9-12)19(13,15)16/h2-5,9H,6-8H2,1H3. The van der Waals surface area contributed by atoms with Gasteiger partial charge in [0.15, 0.2) is 0 Å². The first kappa shape index (κ1) is 15.5. The predicted molar refractivity (Wildman–Crippen MR) is 76.6 cm³/mol. The topological polar surface area (TPSA) is 71.5 Å². The second-order valence-electron chi connectivity index (χ2n) is 4.58. The maximum absolute atomic E-state index is 12.4. The number of nitrogens with zero attached hydrogens (tertiary/aromatic N) is 1. The SMILES string of the molecule is CC1=CCN(S(=O)(=O)c2cccc(S(=O)(=O)Cl)c2)CC1. The Morgan fingerprint density at radius 2 is 1.80 bits per heavy atom. The molecule has 1 aliphatic rings. The summed E-state index contributed by atoms with van der Waals surface area (Å²) >= 11 is 0. The number of hydrogen-bond donors (Lipinski definition) is 0. The van der Waals surface area contributed by atoms with Crippen molar-refractivity contribution in [1.29, 1.82) is 0 Å². The Morgan fingerprint density at radius 3 is 2.35 bits per heavy atom. The molecule has 5 nitrogen and oxygen atoms in total. The summed E-state index contributed by atoms with van der Waals surface area (Å²) in [6.07, 6.45) is 2.52. The molecule has 0 saturated heterocycles. The lowest BCUT2D eigenvalue weighted by Crippen LogP contribution is -2.34. The quantitative estimate of drug-likeness (QED) is 0.625. The minimum atomic E-state index is -3.95. The van der Waals surface area contributed by atoms with Crippen LogP contribution in [0.2, 0.25) is 0 Å². The number of hydrogen-bond acceptors (Lipinski definition) is 4. The molecule has 0 aromatic heterocycles. The zero-order valence-electron chi connectivity index (χ0n) is 10.8. The molecule has 1 aromatic rings. The highest BCUT2D eigenvalue weighted by molar-refractivity contribution is 8.13. The van der Waals surface area contributed by atoms with Crippen LogP contribution >= 0.6 is 10.7 Å². The fourth-order valence-electron chi connectivity index (χ4n) is 1.91. The van der Waals surface area contributed by atoms with Crippen LogP contribution in [-0.2, 0) is 19.1 Å². The van der Waals surface area contributed by atoms with E-state index < -0.39 is 19.1 Å². The van der Waals surface area contributed by atoms with Crippen molar-refractivity contribution in [3.8, 4) is 0 Å². The van der Waals surface area contributed by atoms with E-state index in [0.29, 0.717) is 19.5 Å². The van der Waals surface area contributed by atoms with Crippen LogP contribution in [0.5, 0.6) is 0 Å². The molecule has 0 radical (unpaired) electrons. The van der Waals surface area contributed by atoms with Crippen LogP contribution in [0.4, 0.5) is 0 Å². The molecule has 0 fully saturated rings. The predicted octanol–water partition coefficient (Wildman–Crippen LogP) is 1.95. The van der Waals surface area contributed by atoms with Gasteiger partial charge in [0.25, 0.3) is 9.05 Å². The maximum Gasteiger partial charge on any atom is 0.261 e. The highest BCUT2D eigenvalue weighted by Gasteiger charge is 2.26. The number of halogens is 1. The van der Waals surface area contributed by atoms with Gasteiger partial charge >= 0.3 is 0 Å². The van der Waals surface area contributed by atoms with Gasteiger partial charge < -0.3 is 0 Å². The first-order valence-corrected chi connectivity index (χ1v) is 9.67. The van der Waals surface area contributed by atoms with E-state index in [2.05, 4.69) is 0 Å². The van der Waals surface area contributed by atoms with Gasteiger partial charge in [-0.2, -0.15) is 4.31 Å². The summed E-state index contributed by atoms with van der Waals surface area (Å²) in [5, 5.41) is 0. The van der Waals surface area contributed by atoms with Crippen LogP contribution in [0, 0.1) is 0 Å². The molecule has 8 heteroatoms. The molecule has 110 valence electrons. The molecule has 0 saturated carbocycles. The van der Waals surface area contributed by atoms with Crippen molar-refractivity contribution in [3.05, 3.63) is 35.9 Å². The van der Waals surface area contributed by atoms with Gasteiger partial charge in [-0.15, -0.1) is 0 Å². The number of sulfonamides is 1. The van der Waals surface area contributed by atoms with E-state index in [9.17, 15) is 16.8 Å². The van der Waals surface area contributed by atoms with E-state index >= 15 is 0 Å². The molecule has 0 N–H and O–H groups in total. The highest BCUT2D eigenvalue weighted by atomic mass is 35.7. The fourth-order valence-corrected chi connectivity index (χ4v) is 4.20. The third-order valence-corrected chi connectivity index (χ3v) is 6.34. The van der Waals surface area contributed by atoms with Crippen molar-refractivity contribution in [2.45, 2.75) is 23.1 Å². The summed E-state index contributed by atoms with van der Waals surface area (Å²) in [5.41, 5.74) is 1.15. The number of rotatable bonds is 3. The summed E-state index contributed by atoms with van der Waals surface area (Å²) < 4.78 is 48.7. The van der Waals surface area contributed by atoms with Gasteiger partial charge in [0.2, 0.25) is 10.0 Å². The van der Waals surface area contributed by atoms with Gasteiger partial charge in [-0.25, -0.2) is 16.8 Å². The second kappa shape index (κ2) is 5.48. The van der Waals surface area contributed by atoms with Crippen LogP contribution < -0.4 is 0 Å². The Labute approximate surface area is 123 Å². The molecule has 1 aromatic carbocycles. The Balaban J connectivity index is 2.41. The van der Waals surface area contributed by atoms with Gasteiger partial charge in [0.1, 0.15) is 0 Å². The van der Waals surface area contributed by atoms with E-state index in [-0.39, 0.29) is 9.79 Å². The van der Waals surface area contributed by atoms with Crippen LogP contribution in [-0.4, -0.2) is 34.2 Å². The van der Waals surface area contributed by atoms with E-state index in [1.54, 1.807) is 0 Å². The van der Waals surface area contributed by atoms with Gasteiger partial charge in [-0.1, -0.05) is 17.7 Å². The molecule has 0 aliphatic carbocycles. The summed E-state index contributed by atoms with van der Waals surface area (Å²) in [6.45, 7) is 2.64. The third kappa shape index (κ3) is 3.22. The van der Waals surface area contributed by atoms with Gasteiger partial charge in [0, 0.05) is 23.8 Å². The lowest BCUT2D eigenvalue weighted by Gasteiger charge is -2.24. The van der Waals surface area contributed by atoms with Crippen molar-refractivity contribution >= 4 is 29.8 Å². The minimum absolute atomic E-state index is 0.0628. The first-order chi connectivity index (χ1) is 9.21. The molecular formula is C12H14ClNO4S2. The fraction of sp³-hybridized carbons (Fsp3) is 0.333. The zero-order chi connectivity index (χ0) is 15.0. The van der Waals surface area contributed by atoms with E-state index in [0.717, 1.165) is 11.6 Å². The Morgan fingerprint density at radius 1 is 1.15 bits per heavy atom. The summed E-state index contributed by atoms with van der Waals surface area (Å²) in [7, 11) is -2.41. The average molecular weight is 336 g/mol. The molecule has 0 bridgehead atoms. The molecule has 0 unspecified atom stereocenters. The zero-order valence-corrected chi connectivity index (χ0v) is 13.2. The molecule has 1 aliphatic heterocycles. The van der Waals surface area contributed by atoms with Crippen molar-refractivity contribution in [2.75, 3.05) is 13.1 Å². The maximum atomic E-state index is 12.4. The molecule has 20 heavy (non-hydrogen) atoms. The van der Waals surface area contributed by atoms with Gasteiger partial charge in [0.05, 0.1) is 9.79 Å². The third-order valence-electron chi connectivity index (χ3n) is 3.12. The number of benzene rings is 1. The van der Waals surface area contributed by atoms with E-state index in [1.165, 1.54) is 22.5 Å². The largest absolute Gasteiger partial charge is 0.261 e. The average Bonchev–Trinajstić information content (AvgIpc) is 2.38. The smallest absolute Gasteiger partial charge is 0.207 e. The summed E-state index contributed by atoms with van der Waals surface area (Å²) in [4.78, 5) is -0.281. The molecule has 0 spiro atoms. The first-order valence-electron chi connectivity index (χ1n) is 5.92. The summed E-state index contributed by atoms with van der Waals surface area (Å²) in [5.74, 6) is 0. The normalized spacial score (nSPS) is 17.8. The highest BCUT2D eigenvalue weighted by Crippen LogP contribution is 2.23. The minimum Gasteiger partial charge on any atom is -0.207 e. The van der Waals surface area contributed by atoms with Crippen molar-refractivity contribution in [3.63, 3.8) is 0 Å². The van der Waals surface area contributed by atoms with Crippen molar-refractivity contribution in [1.82, 2.24) is 4.31 Å². The van der Waals surface area contributed by atoms with Crippen LogP contribution in [0.15, 0.2) is 45.7 Å². The monoisotopic (exact) mass is 335 g/mol.